The summed E-state index contributed by atoms with van der Waals surface area (Å²) in [6.45, 7) is -1.91. The molecule has 0 aliphatic heterocycles. The molecule has 0 atom stereocenters. The minimum Gasteiger partial charge on any atom is -0.395 e. The Bertz CT molecular complexity index is 545. The third-order valence-corrected chi connectivity index (χ3v) is 5.91. The number of hydrogen-bond donors (Lipinski definition) is 2. The normalized spacial score (nSPS) is 12.3. The van der Waals surface area contributed by atoms with E-state index >= 15 is 0 Å². The van der Waals surface area contributed by atoms with Crippen LogP contribution >= 0.6 is 23.6 Å². The number of rotatable bonds is 7. The maximum atomic E-state index is 12.4. The van der Waals surface area contributed by atoms with Gasteiger partial charge in [0.25, 0.3) is 16.4 Å². The van der Waals surface area contributed by atoms with Gasteiger partial charge in [-0.25, -0.2) is 17.2 Å². The van der Waals surface area contributed by atoms with Gasteiger partial charge in [0.1, 0.15) is 9.20 Å². The zero-order chi connectivity index (χ0) is 14.6. The third-order valence-electron chi connectivity index (χ3n) is 2.11. The molecule has 0 saturated heterocycles. The van der Waals surface area contributed by atoms with Crippen LogP contribution in [0.2, 0.25) is 0 Å². The minimum atomic E-state index is -4.07. The highest BCUT2D eigenvalue weighted by Crippen LogP contribution is 2.25. The lowest BCUT2D eigenvalue weighted by Crippen LogP contribution is -2.36. The van der Waals surface area contributed by atoms with E-state index in [2.05, 4.69) is 0 Å². The molecular formula is C9H12F2N2O3S3. The molecule has 3 N–H and O–H groups in total. The highest BCUT2D eigenvalue weighted by Gasteiger charge is 2.28. The first-order chi connectivity index (χ1) is 8.78. The van der Waals surface area contributed by atoms with Crippen molar-refractivity contribution in [3.63, 3.8) is 0 Å². The SMILES string of the molecule is NC(=S)c1ccc(S(=O)(=O)N(CCO)CC(F)F)s1. The van der Waals surface area contributed by atoms with Crippen LogP contribution in [0.4, 0.5) is 8.78 Å². The molecule has 108 valence electrons. The predicted molar refractivity (Wildman–Crippen MR) is 72.1 cm³/mol. The summed E-state index contributed by atoms with van der Waals surface area (Å²) >= 11 is 5.51. The average molecular weight is 330 g/mol. The van der Waals surface area contributed by atoms with Crippen molar-refractivity contribution in [1.82, 2.24) is 4.31 Å². The van der Waals surface area contributed by atoms with Crippen molar-refractivity contribution in [3.05, 3.63) is 17.0 Å². The van der Waals surface area contributed by atoms with Crippen molar-refractivity contribution in [1.29, 1.82) is 0 Å². The summed E-state index contributed by atoms with van der Waals surface area (Å²) in [7, 11) is -4.07. The van der Waals surface area contributed by atoms with Gasteiger partial charge in [0, 0.05) is 6.54 Å². The quantitative estimate of drug-likeness (QED) is 0.717. The lowest BCUT2D eigenvalue weighted by Gasteiger charge is -2.19. The highest BCUT2D eigenvalue weighted by molar-refractivity contribution is 7.91. The molecule has 10 heteroatoms. The van der Waals surface area contributed by atoms with Gasteiger partial charge in [-0.3, -0.25) is 0 Å². The molecule has 0 spiro atoms. The maximum Gasteiger partial charge on any atom is 0.252 e. The van der Waals surface area contributed by atoms with Crippen molar-refractivity contribution in [2.75, 3.05) is 19.7 Å². The summed E-state index contributed by atoms with van der Waals surface area (Å²) < 4.78 is 49.3. The van der Waals surface area contributed by atoms with Gasteiger partial charge in [0.2, 0.25) is 0 Å². The van der Waals surface area contributed by atoms with E-state index in [1.165, 1.54) is 12.1 Å². The summed E-state index contributed by atoms with van der Waals surface area (Å²) in [5.41, 5.74) is 5.36. The van der Waals surface area contributed by atoms with Gasteiger partial charge in [-0.15, -0.1) is 11.3 Å². The minimum absolute atomic E-state index is 0.0361. The number of thiophene rings is 1. The smallest absolute Gasteiger partial charge is 0.252 e. The first-order valence-corrected chi connectivity index (χ1v) is 7.74. The maximum absolute atomic E-state index is 12.4. The van der Waals surface area contributed by atoms with E-state index in [0.717, 1.165) is 11.3 Å². The van der Waals surface area contributed by atoms with Gasteiger partial charge in [0.05, 0.1) is 18.0 Å². The molecule has 0 bridgehead atoms. The van der Waals surface area contributed by atoms with E-state index in [9.17, 15) is 17.2 Å². The second-order valence-corrected chi connectivity index (χ2v) is 7.15. The van der Waals surface area contributed by atoms with Gasteiger partial charge >= 0.3 is 0 Å². The van der Waals surface area contributed by atoms with E-state index in [0.29, 0.717) is 9.18 Å². The van der Waals surface area contributed by atoms with E-state index < -0.39 is 36.1 Å². The Morgan fingerprint density at radius 2 is 2.16 bits per heavy atom. The van der Waals surface area contributed by atoms with Crippen LogP contribution in [-0.2, 0) is 10.0 Å². The number of thiocarbonyl (C=S) groups is 1. The van der Waals surface area contributed by atoms with E-state index in [1.54, 1.807) is 0 Å². The van der Waals surface area contributed by atoms with Gasteiger partial charge in [0.15, 0.2) is 0 Å². The van der Waals surface area contributed by atoms with Gasteiger partial charge in [-0.1, -0.05) is 12.2 Å². The molecule has 0 aliphatic rings. The topological polar surface area (TPSA) is 83.6 Å². The molecule has 0 fully saturated rings. The van der Waals surface area contributed by atoms with Crippen LogP contribution in [-0.4, -0.2) is 48.9 Å². The number of aliphatic hydroxyl groups excluding tert-OH is 1. The first-order valence-electron chi connectivity index (χ1n) is 5.08. The van der Waals surface area contributed by atoms with Crippen molar-refractivity contribution in [2.45, 2.75) is 10.6 Å². The van der Waals surface area contributed by atoms with Gasteiger partial charge < -0.3 is 10.8 Å². The Morgan fingerprint density at radius 3 is 2.58 bits per heavy atom. The monoisotopic (exact) mass is 330 g/mol. The van der Waals surface area contributed by atoms with Crippen molar-refractivity contribution >= 4 is 38.6 Å². The molecule has 0 aliphatic carbocycles. The van der Waals surface area contributed by atoms with E-state index in [-0.39, 0.29) is 9.20 Å². The Labute approximate surface area is 118 Å². The van der Waals surface area contributed by atoms with Crippen molar-refractivity contribution in [3.8, 4) is 0 Å². The molecule has 1 aromatic rings. The third kappa shape index (κ3) is 4.14. The number of halogens is 2. The molecule has 0 amide bonds. The number of sulfonamides is 1. The second kappa shape index (κ2) is 6.66. The van der Waals surface area contributed by atoms with Crippen molar-refractivity contribution < 1.29 is 22.3 Å². The summed E-state index contributed by atoms with van der Waals surface area (Å²) in [5.74, 6) is 0. The Balaban J connectivity index is 3.07. The fourth-order valence-corrected chi connectivity index (χ4v) is 4.21. The molecule has 5 nitrogen and oxygen atoms in total. The lowest BCUT2D eigenvalue weighted by molar-refractivity contribution is 0.113. The number of hydrogen-bond acceptors (Lipinski definition) is 5. The summed E-state index contributed by atoms with van der Waals surface area (Å²) in [5, 5.41) is 8.76. The Morgan fingerprint density at radius 1 is 1.53 bits per heavy atom. The standard InChI is InChI=1S/C9H12F2N2O3S3/c10-7(11)5-13(3-4-14)19(15,16)8-2-1-6(18-8)9(12)17/h1-2,7,14H,3-5H2,(H2,12,17). The molecule has 19 heavy (non-hydrogen) atoms. The second-order valence-electron chi connectivity index (χ2n) is 3.46. The van der Waals surface area contributed by atoms with Crippen LogP contribution in [0, 0.1) is 0 Å². The first kappa shape index (κ1) is 16.4. The predicted octanol–water partition coefficient (Wildman–Crippen LogP) is 0.630. The molecule has 0 aromatic carbocycles. The van der Waals surface area contributed by atoms with Gasteiger partial charge in [-0.05, 0) is 12.1 Å². The van der Waals surface area contributed by atoms with Crippen LogP contribution in [0.1, 0.15) is 4.88 Å². The molecule has 0 radical (unpaired) electrons. The molecule has 0 saturated carbocycles. The molecule has 1 aromatic heterocycles. The zero-order valence-electron chi connectivity index (χ0n) is 9.62. The largest absolute Gasteiger partial charge is 0.395 e. The molecule has 0 unspecified atom stereocenters. The molecule has 1 heterocycles. The van der Waals surface area contributed by atoms with Crippen LogP contribution in [0.25, 0.3) is 0 Å². The zero-order valence-corrected chi connectivity index (χ0v) is 12.1. The molecule has 1 rings (SSSR count). The highest BCUT2D eigenvalue weighted by atomic mass is 32.2. The number of aliphatic hydroxyl groups is 1. The Kier molecular flexibility index (Phi) is 5.74. The molecular weight excluding hydrogens is 318 g/mol. The number of nitrogens with zero attached hydrogens (tertiary/aromatic N) is 1. The van der Waals surface area contributed by atoms with E-state index in [1.807, 2.05) is 0 Å². The fourth-order valence-electron chi connectivity index (χ4n) is 1.29. The summed E-state index contributed by atoms with van der Waals surface area (Å²) in [6.07, 6.45) is -2.82. The van der Waals surface area contributed by atoms with Crippen LogP contribution in [0.3, 0.4) is 0 Å². The summed E-state index contributed by atoms with van der Waals surface area (Å²) in [4.78, 5) is 0.420. The lowest BCUT2D eigenvalue weighted by atomic mass is 10.5. The summed E-state index contributed by atoms with van der Waals surface area (Å²) in [6, 6.07) is 2.67. The average Bonchev–Trinajstić information content (AvgIpc) is 2.77. The van der Waals surface area contributed by atoms with Gasteiger partial charge in [-0.2, -0.15) is 4.31 Å². The fraction of sp³-hybridized carbons (Fsp3) is 0.444. The van der Waals surface area contributed by atoms with Crippen molar-refractivity contribution in [2.24, 2.45) is 5.73 Å². The number of nitrogens with two attached hydrogens (primary N) is 1. The Hall–Kier alpha value is -0.680. The van der Waals surface area contributed by atoms with Crippen LogP contribution in [0.5, 0.6) is 0 Å². The van der Waals surface area contributed by atoms with Crippen LogP contribution < -0.4 is 5.73 Å². The van der Waals surface area contributed by atoms with E-state index in [4.69, 9.17) is 23.1 Å². The van der Waals surface area contributed by atoms with Crippen LogP contribution in [0.15, 0.2) is 16.3 Å². The number of alkyl halides is 2.